The summed E-state index contributed by atoms with van der Waals surface area (Å²) >= 11 is 1.34. The van der Waals surface area contributed by atoms with Crippen LogP contribution in [0.25, 0.3) is 0 Å². The Morgan fingerprint density at radius 2 is 1.96 bits per heavy atom. The minimum Gasteiger partial charge on any atom is -0.391 e. The van der Waals surface area contributed by atoms with Crippen molar-refractivity contribution < 1.29 is 14.7 Å². The van der Waals surface area contributed by atoms with Gasteiger partial charge in [-0.25, -0.2) is 0 Å². The number of likely N-dealkylation sites (N-methyl/N-ethyl adjacent to an activating group) is 1. The number of aliphatic hydroxyl groups excluding tert-OH is 1. The first-order chi connectivity index (χ1) is 11.1. The third-order valence-corrected chi connectivity index (χ3v) is 4.17. The highest BCUT2D eigenvalue weighted by molar-refractivity contribution is 7.12. The van der Waals surface area contributed by atoms with Crippen LogP contribution in [0.5, 0.6) is 0 Å². The summed E-state index contributed by atoms with van der Waals surface area (Å²) in [5.74, 6) is -0.468. The van der Waals surface area contributed by atoms with Gasteiger partial charge in [0.05, 0.1) is 17.5 Å². The van der Waals surface area contributed by atoms with E-state index >= 15 is 0 Å². The second-order valence-electron chi connectivity index (χ2n) is 5.29. The molecular formula is C17H20N2O3S. The maximum atomic E-state index is 12.0. The van der Waals surface area contributed by atoms with Gasteiger partial charge in [0.1, 0.15) is 0 Å². The summed E-state index contributed by atoms with van der Waals surface area (Å²) < 4.78 is 0. The molecule has 1 aromatic carbocycles. The molecule has 5 nitrogen and oxygen atoms in total. The third kappa shape index (κ3) is 5.50. The number of nitrogens with one attached hydrogen (secondary N) is 1. The quantitative estimate of drug-likeness (QED) is 0.808. The predicted molar refractivity (Wildman–Crippen MR) is 90.4 cm³/mol. The van der Waals surface area contributed by atoms with Gasteiger partial charge in [-0.1, -0.05) is 36.4 Å². The summed E-state index contributed by atoms with van der Waals surface area (Å²) in [7, 11) is 1.59. The summed E-state index contributed by atoms with van der Waals surface area (Å²) in [6.45, 7) is 0.129. The van der Waals surface area contributed by atoms with E-state index in [0.29, 0.717) is 11.3 Å². The zero-order valence-electron chi connectivity index (χ0n) is 12.9. The Hall–Kier alpha value is -2.18. The number of hydrogen-bond acceptors (Lipinski definition) is 4. The Morgan fingerprint density at radius 3 is 2.61 bits per heavy atom. The van der Waals surface area contributed by atoms with E-state index in [2.05, 4.69) is 5.32 Å². The number of hydrogen-bond donors (Lipinski definition) is 2. The van der Waals surface area contributed by atoms with Crippen molar-refractivity contribution >= 4 is 23.2 Å². The SMILES string of the molecule is CN(CC(=O)NCC(O)Cc1ccccc1)C(=O)c1cccs1. The Labute approximate surface area is 139 Å². The van der Waals surface area contributed by atoms with Crippen molar-refractivity contribution in [2.75, 3.05) is 20.1 Å². The summed E-state index contributed by atoms with van der Waals surface area (Å²) in [4.78, 5) is 25.9. The van der Waals surface area contributed by atoms with E-state index in [1.807, 2.05) is 35.7 Å². The van der Waals surface area contributed by atoms with Crippen molar-refractivity contribution in [1.82, 2.24) is 10.2 Å². The number of aliphatic hydroxyl groups is 1. The van der Waals surface area contributed by atoms with Gasteiger partial charge >= 0.3 is 0 Å². The third-order valence-electron chi connectivity index (χ3n) is 3.31. The summed E-state index contributed by atoms with van der Waals surface area (Å²) in [6, 6.07) is 13.1. The Balaban J connectivity index is 1.73. The highest BCUT2D eigenvalue weighted by Crippen LogP contribution is 2.10. The van der Waals surface area contributed by atoms with Gasteiger partial charge < -0.3 is 15.3 Å². The van der Waals surface area contributed by atoms with E-state index in [-0.39, 0.29) is 24.9 Å². The van der Waals surface area contributed by atoms with Gasteiger partial charge in [0, 0.05) is 20.0 Å². The van der Waals surface area contributed by atoms with Crippen LogP contribution in [-0.2, 0) is 11.2 Å². The minimum atomic E-state index is -0.653. The maximum absolute atomic E-state index is 12.0. The van der Waals surface area contributed by atoms with Crippen LogP contribution < -0.4 is 5.32 Å². The first-order valence-corrected chi connectivity index (χ1v) is 8.22. The summed E-state index contributed by atoms with van der Waals surface area (Å²) in [5, 5.41) is 14.4. The van der Waals surface area contributed by atoms with Crippen LogP contribution in [0.1, 0.15) is 15.2 Å². The van der Waals surface area contributed by atoms with Crippen LogP contribution in [0.15, 0.2) is 47.8 Å². The Kier molecular flexibility index (Phi) is 6.31. The van der Waals surface area contributed by atoms with E-state index < -0.39 is 6.10 Å². The molecule has 0 aliphatic rings. The van der Waals surface area contributed by atoms with Gasteiger partial charge in [0.15, 0.2) is 0 Å². The van der Waals surface area contributed by atoms with Gasteiger partial charge in [-0.3, -0.25) is 9.59 Å². The van der Waals surface area contributed by atoms with Gasteiger partial charge in [-0.15, -0.1) is 11.3 Å². The standard InChI is InChI=1S/C17H20N2O3S/c1-19(17(22)15-8-5-9-23-15)12-16(21)18-11-14(20)10-13-6-3-2-4-7-13/h2-9,14,20H,10-12H2,1H3,(H,18,21). The van der Waals surface area contributed by atoms with Crippen LogP contribution in [0, 0.1) is 0 Å². The largest absolute Gasteiger partial charge is 0.391 e. The highest BCUT2D eigenvalue weighted by Gasteiger charge is 2.16. The average molecular weight is 332 g/mol. The van der Waals surface area contributed by atoms with Crippen molar-refractivity contribution in [2.45, 2.75) is 12.5 Å². The van der Waals surface area contributed by atoms with E-state index in [0.717, 1.165) is 5.56 Å². The lowest BCUT2D eigenvalue weighted by Gasteiger charge is -2.17. The van der Waals surface area contributed by atoms with Crippen LogP contribution in [0.2, 0.25) is 0 Å². The Bertz CT molecular complexity index is 629. The highest BCUT2D eigenvalue weighted by atomic mass is 32.1. The van der Waals surface area contributed by atoms with Gasteiger partial charge in [0.25, 0.3) is 5.91 Å². The Morgan fingerprint density at radius 1 is 1.22 bits per heavy atom. The molecule has 0 saturated heterocycles. The molecule has 2 rings (SSSR count). The summed E-state index contributed by atoms with van der Waals surface area (Å²) in [5.41, 5.74) is 1.01. The molecule has 0 spiro atoms. The second kappa shape index (κ2) is 8.45. The van der Waals surface area contributed by atoms with E-state index in [4.69, 9.17) is 0 Å². The molecular weight excluding hydrogens is 312 g/mol. The molecule has 0 radical (unpaired) electrons. The molecule has 6 heteroatoms. The van der Waals surface area contributed by atoms with Crippen LogP contribution >= 0.6 is 11.3 Å². The molecule has 0 aliphatic carbocycles. The number of rotatable bonds is 7. The first-order valence-electron chi connectivity index (χ1n) is 7.34. The second-order valence-corrected chi connectivity index (χ2v) is 6.23. The molecule has 0 fully saturated rings. The lowest BCUT2D eigenvalue weighted by atomic mass is 10.1. The molecule has 2 amide bonds. The summed E-state index contributed by atoms with van der Waals surface area (Å²) in [6.07, 6.45) is -0.176. The van der Waals surface area contributed by atoms with Crippen molar-refractivity contribution in [3.8, 4) is 0 Å². The molecule has 0 aliphatic heterocycles. The number of thiophene rings is 1. The molecule has 2 aromatic rings. The van der Waals surface area contributed by atoms with Crippen molar-refractivity contribution in [1.29, 1.82) is 0 Å². The van der Waals surface area contributed by atoms with Gasteiger partial charge in [0.2, 0.25) is 5.91 Å². The molecule has 1 atom stereocenters. The fraction of sp³-hybridized carbons (Fsp3) is 0.294. The average Bonchev–Trinajstić information content (AvgIpc) is 3.07. The lowest BCUT2D eigenvalue weighted by molar-refractivity contribution is -0.122. The number of amides is 2. The zero-order chi connectivity index (χ0) is 16.7. The molecule has 0 bridgehead atoms. The monoisotopic (exact) mass is 332 g/mol. The molecule has 2 N–H and O–H groups in total. The van der Waals surface area contributed by atoms with Gasteiger partial charge in [-0.2, -0.15) is 0 Å². The number of nitrogens with zero attached hydrogens (tertiary/aromatic N) is 1. The smallest absolute Gasteiger partial charge is 0.264 e. The molecule has 1 aromatic heterocycles. The normalized spacial score (nSPS) is 11.7. The van der Waals surface area contributed by atoms with Crippen molar-refractivity contribution in [2.24, 2.45) is 0 Å². The molecule has 1 heterocycles. The van der Waals surface area contributed by atoms with Crippen LogP contribution in [-0.4, -0.2) is 48.1 Å². The van der Waals surface area contributed by atoms with E-state index in [9.17, 15) is 14.7 Å². The fourth-order valence-electron chi connectivity index (χ4n) is 2.12. The molecule has 23 heavy (non-hydrogen) atoms. The minimum absolute atomic E-state index is 0.0329. The molecule has 122 valence electrons. The topological polar surface area (TPSA) is 69.6 Å². The zero-order valence-corrected chi connectivity index (χ0v) is 13.8. The van der Waals surface area contributed by atoms with Crippen molar-refractivity contribution in [3.63, 3.8) is 0 Å². The van der Waals surface area contributed by atoms with E-state index in [1.54, 1.807) is 19.2 Å². The number of carbonyl (C=O) groups excluding carboxylic acids is 2. The van der Waals surface area contributed by atoms with Crippen LogP contribution in [0.3, 0.4) is 0 Å². The van der Waals surface area contributed by atoms with Gasteiger partial charge in [-0.05, 0) is 17.0 Å². The van der Waals surface area contributed by atoms with Crippen molar-refractivity contribution in [3.05, 3.63) is 58.3 Å². The molecule has 1 unspecified atom stereocenters. The van der Waals surface area contributed by atoms with Crippen LogP contribution in [0.4, 0.5) is 0 Å². The number of carbonyl (C=O) groups is 2. The first kappa shape index (κ1) is 17.2. The lowest BCUT2D eigenvalue weighted by Crippen LogP contribution is -2.41. The maximum Gasteiger partial charge on any atom is 0.264 e. The van der Waals surface area contributed by atoms with E-state index in [1.165, 1.54) is 16.2 Å². The predicted octanol–water partition coefficient (Wildman–Crippen LogP) is 1.54. The number of benzene rings is 1. The molecule has 0 saturated carbocycles. The fourth-order valence-corrected chi connectivity index (χ4v) is 2.84.